The molecule has 0 atom stereocenters. The third-order valence-corrected chi connectivity index (χ3v) is 4.96. The van der Waals surface area contributed by atoms with Crippen molar-refractivity contribution in [3.8, 4) is 11.5 Å². The Morgan fingerprint density at radius 3 is 2.61 bits per heavy atom. The van der Waals surface area contributed by atoms with Crippen LogP contribution in [0.25, 0.3) is 10.1 Å². The summed E-state index contributed by atoms with van der Waals surface area (Å²) in [6, 6.07) is 13.1. The van der Waals surface area contributed by atoms with Gasteiger partial charge in [-0.25, -0.2) is 0 Å². The van der Waals surface area contributed by atoms with Crippen molar-refractivity contribution in [2.45, 2.75) is 0 Å². The Bertz CT molecular complexity index is 873. The van der Waals surface area contributed by atoms with Crippen LogP contribution in [0.2, 0.25) is 5.02 Å². The molecule has 2 aromatic carbocycles. The molecule has 4 rings (SSSR count). The molecule has 1 N–H and O–H groups in total. The van der Waals surface area contributed by atoms with Crippen molar-refractivity contribution >= 4 is 44.6 Å². The predicted octanol–water partition coefficient (Wildman–Crippen LogP) is 4.58. The van der Waals surface area contributed by atoms with Gasteiger partial charge in [0.25, 0.3) is 5.91 Å². The topological polar surface area (TPSA) is 47.6 Å². The number of anilines is 1. The summed E-state index contributed by atoms with van der Waals surface area (Å²) < 4.78 is 12.1. The highest BCUT2D eigenvalue weighted by atomic mass is 35.5. The van der Waals surface area contributed by atoms with Crippen molar-refractivity contribution in [2.24, 2.45) is 0 Å². The summed E-state index contributed by atoms with van der Waals surface area (Å²) in [7, 11) is 0. The number of thiophene rings is 1. The van der Waals surface area contributed by atoms with Gasteiger partial charge in [0.05, 0.1) is 15.6 Å². The maximum atomic E-state index is 12.5. The van der Waals surface area contributed by atoms with E-state index in [9.17, 15) is 4.79 Å². The van der Waals surface area contributed by atoms with E-state index in [2.05, 4.69) is 5.32 Å². The molecule has 0 radical (unpaired) electrons. The van der Waals surface area contributed by atoms with E-state index in [0.29, 0.717) is 40.3 Å². The fraction of sp³-hybridized carbons (Fsp3) is 0.118. The van der Waals surface area contributed by atoms with Crippen molar-refractivity contribution in [3.63, 3.8) is 0 Å². The van der Waals surface area contributed by atoms with E-state index >= 15 is 0 Å². The molecule has 23 heavy (non-hydrogen) atoms. The maximum Gasteiger partial charge on any atom is 0.265 e. The van der Waals surface area contributed by atoms with Crippen molar-refractivity contribution in [2.75, 3.05) is 18.5 Å². The number of amides is 1. The molecule has 0 saturated carbocycles. The number of benzene rings is 2. The molecule has 1 amide bonds. The van der Waals surface area contributed by atoms with E-state index in [0.717, 1.165) is 10.1 Å². The minimum absolute atomic E-state index is 0.190. The Kier molecular flexibility index (Phi) is 3.59. The predicted molar refractivity (Wildman–Crippen MR) is 92.2 cm³/mol. The van der Waals surface area contributed by atoms with Crippen molar-refractivity contribution < 1.29 is 14.3 Å². The van der Waals surface area contributed by atoms with E-state index in [4.69, 9.17) is 21.1 Å². The molecular weight excluding hydrogens is 334 g/mol. The largest absolute Gasteiger partial charge is 0.486 e. The third kappa shape index (κ3) is 2.73. The van der Waals surface area contributed by atoms with Gasteiger partial charge in [-0.1, -0.05) is 29.8 Å². The molecule has 1 aromatic heterocycles. The number of halogens is 1. The molecule has 0 bridgehead atoms. The van der Waals surface area contributed by atoms with Gasteiger partial charge in [0, 0.05) is 16.8 Å². The summed E-state index contributed by atoms with van der Waals surface area (Å²) in [6.45, 7) is 0.981. The zero-order chi connectivity index (χ0) is 15.8. The fourth-order valence-corrected chi connectivity index (χ4v) is 3.60. The minimum Gasteiger partial charge on any atom is -0.486 e. The van der Waals surface area contributed by atoms with Crippen LogP contribution >= 0.6 is 22.9 Å². The van der Waals surface area contributed by atoms with Crippen molar-refractivity contribution in [3.05, 3.63) is 52.4 Å². The lowest BCUT2D eigenvalue weighted by Crippen LogP contribution is -2.16. The van der Waals surface area contributed by atoms with Crippen LogP contribution in [0.15, 0.2) is 42.5 Å². The first kappa shape index (κ1) is 14.4. The first-order valence-electron chi connectivity index (χ1n) is 7.10. The van der Waals surface area contributed by atoms with Gasteiger partial charge in [0.1, 0.15) is 13.2 Å². The number of fused-ring (bicyclic) bond motifs is 2. The number of hydrogen-bond donors (Lipinski definition) is 1. The van der Waals surface area contributed by atoms with E-state index in [1.165, 1.54) is 11.3 Å². The zero-order valence-corrected chi connectivity index (χ0v) is 13.5. The Morgan fingerprint density at radius 2 is 1.83 bits per heavy atom. The summed E-state index contributed by atoms with van der Waals surface area (Å²) in [4.78, 5) is 13.1. The van der Waals surface area contributed by atoms with E-state index in [-0.39, 0.29) is 5.91 Å². The number of nitrogens with one attached hydrogen (secondary N) is 1. The molecule has 1 aliphatic rings. The number of rotatable bonds is 2. The quantitative estimate of drug-likeness (QED) is 0.739. The second-order valence-corrected chi connectivity index (χ2v) is 6.57. The molecule has 1 aliphatic heterocycles. The van der Waals surface area contributed by atoms with Gasteiger partial charge in [-0.15, -0.1) is 11.3 Å². The molecule has 4 nitrogen and oxygen atoms in total. The normalized spacial score (nSPS) is 13.1. The standard InChI is InChI=1S/C17H12ClNO3S/c18-11-8-13-14(22-6-5-21-13)9-12(11)19-17(20)16-7-10-3-1-2-4-15(10)23-16/h1-4,7-9H,5-6H2,(H,19,20). The molecule has 0 spiro atoms. The van der Waals surface area contributed by atoms with Crippen LogP contribution in [0, 0.1) is 0 Å². The first-order valence-corrected chi connectivity index (χ1v) is 8.29. The van der Waals surface area contributed by atoms with E-state index in [1.54, 1.807) is 12.1 Å². The molecule has 3 aromatic rings. The summed E-state index contributed by atoms with van der Waals surface area (Å²) >= 11 is 7.67. The third-order valence-electron chi connectivity index (χ3n) is 3.53. The highest BCUT2D eigenvalue weighted by molar-refractivity contribution is 7.20. The van der Waals surface area contributed by atoms with Gasteiger partial charge in [-0.2, -0.15) is 0 Å². The van der Waals surface area contributed by atoms with Gasteiger partial charge in [-0.3, -0.25) is 4.79 Å². The van der Waals surface area contributed by atoms with Crippen LogP contribution in [0.4, 0.5) is 5.69 Å². The van der Waals surface area contributed by atoms with Crippen LogP contribution in [0.3, 0.4) is 0 Å². The fourth-order valence-electron chi connectivity index (χ4n) is 2.44. The maximum absolute atomic E-state index is 12.5. The minimum atomic E-state index is -0.190. The number of carbonyl (C=O) groups excluding carboxylic acids is 1. The smallest absolute Gasteiger partial charge is 0.265 e. The Hall–Kier alpha value is -2.24. The molecule has 0 aliphatic carbocycles. The van der Waals surface area contributed by atoms with Crippen molar-refractivity contribution in [1.29, 1.82) is 0 Å². The Balaban J connectivity index is 1.63. The molecular formula is C17H12ClNO3S. The highest BCUT2D eigenvalue weighted by Crippen LogP contribution is 2.38. The molecule has 0 unspecified atom stereocenters. The molecule has 0 fully saturated rings. The van der Waals surface area contributed by atoms with Gasteiger partial charge >= 0.3 is 0 Å². The lowest BCUT2D eigenvalue weighted by atomic mass is 10.2. The average Bonchev–Trinajstić information content (AvgIpc) is 3.00. The van der Waals surface area contributed by atoms with Crippen LogP contribution in [0.1, 0.15) is 9.67 Å². The van der Waals surface area contributed by atoms with E-state index < -0.39 is 0 Å². The van der Waals surface area contributed by atoms with Crippen LogP contribution in [0.5, 0.6) is 11.5 Å². The number of hydrogen-bond acceptors (Lipinski definition) is 4. The molecule has 2 heterocycles. The monoisotopic (exact) mass is 345 g/mol. The average molecular weight is 346 g/mol. The van der Waals surface area contributed by atoms with Gasteiger partial charge in [0.15, 0.2) is 11.5 Å². The first-order chi connectivity index (χ1) is 11.2. The number of ether oxygens (including phenoxy) is 2. The summed E-state index contributed by atoms with van der Waals surface area (Å²) in [5, 5.41) is 4.31. The van der Waals surface area contributed by atoms with Gasteiger partial charge in [0.2, 0.25) is 0 Å². The van der Waals surface area contributed by atoms with Crippen LogP contribution in [-0.2, 0) is 0 Å². The summed E-state index contributed by atoms with van der Waals surface area (Å²) in [6.07, 6.45) is 0. The molecule has 6 heteroatoms. The SMILES string of the molecule is O=C(Nc1cc2c(cc1Cl)OCCO2)c1cc2ccccc2s1. The molecule has 0 saturated heterocycles. The van der Waals surface area contributed by atoms with Crippen LogP contribution in [-0.4, -0.2) is 19.1 Å². The van der Waals surface area contributed by atoms with E-state index in [1.807, 2.05) is 30.3 Å². The zero-order valence-electron chi connectivity index (χ0n) is 12.0. The Labute approximate surface area is 141 Å². The second kappa shape index (κ2) is 5.76. The number of carbonyl (C=O) groups is 1. The molecule has 116 valence electrons. The lowest BCUT2D eigenvalue weighted by Gasteiger charge is -2.19. The summed E-state index contributed by atoms with van der Waals surface area (Å²) in [5.74, 6) is 0.998. The second-order valence-electron chi connectivity index (χ2n) is 5.08. The lowest BCUT2D eigenvalue weighted by molar-refractivity contribution is 0.103. The van der Waals surface area contributed by atoms with Crippen molar-refractivity contribution in [1.82, 2.24) is 0 Å². The highest BCUT2D eigenvalue weighted by Gasteiger charge is 2.17. The van der Waals surface area contributed by atoms with Gasteiger partial charge in [-0.05, 0) is 17.5 Å². The van der Waals surface area contributed by atoms with Crippen LogP contribution < -0.4 is 14.8 Å². The van der Waals surface area contributed by atoms with Gasteiger partial charge < -0.3 is 14.8 Å². The Morgan fingerprint density at radius 1 is 1.09 bits per heavy atom. The summed E-state index contributed by atoms with van der Waals surface area (Å²) in [5.41, 5.74) is 0.512.